The van der Waals surface area contributed by atoms with Crippen LogP contribution in [0.2, 0.25) is 5.15 Å². The lowest BCUT2D eigenvalue weighted by Crippen LogP contribution is -2.07. The Morgan fingerprint density at radius 1 is 1.28 bits per heavy atom. The van der Waals surface area contributed by atoms with Gasteiger partial charge in [0.25, 0.3) is 0 Å². The minimum atomic E-state index is 0.411. The molecule has 0 aliphatic rings. The lowest BCUT2D eigenvalue weighted by molar-refractivity contribution is 0.994. The summed E-state index contributed by atoms with van der Waals surface area (Å²) in [5.41, 5.74) is 8.96. The van der Waals surface area contributed by atoms with Crippen LogP contribution in [0.4, 0.5) is 11.5 Å². The topological polar surface area (TPSA) is 50.9 Å². The maximum absolute atomic E-state index is 5.84. The number of hydrogen-bond acceptors (Lipinski definition) is 3. The molecule has 2 rings (SSSR count). The van der Waals surface area contributed by atoms with E-state index in [4.69, 9.17) is 17.3 Å². The number of nitrogens with two attached hydrogens (primary N) is 1. The summed E-state index contributed by atoms with van der Waals surface area (Å²) in [6.45, 7) is 2.92. The predicted octanol–water partition coefficient (Wildman–Crippen LogP) is 3.28. The Morgan fingerprint density at radius 3 is 2.78 bits per heavy atom. The quantitative estimate of drug-likeness (QED) is 0.831. The van der Waals surface area contributed by atoms with E-state index >= 15 is 0 Å². The lowest BCUT2D eigenvalue weighted by Gasteiger charge is -2.08. The highest BCUT2D eigenvalue weighted by atomic mass is 35.5. The molecule has 1 aromatic carbocycles. The lowest BCUT2D eigenvalue weighted by atomic mass is 10.1. The molecule has 2 aromatic rings. The highest BCUT2D eigenvalue weighted by Crippen LogP contribution is 2.16. The number of benzene rings is 1. The predicted molar refractivity (Wildman–Crippen MR) is 77.0 cm³/mol. The Hall–Kier alpha value is -1.74. The van der Waals surface area contributed by atoms with E-state index in [0.29, 0.717) is 16.7 Å². The molecular formula is C14H16ClN3. The van der Waals surface area contributed by atoms with Crippen LogP contribution in [0.5, 0.6) is 0 Å². The van der Waals surface area contributed by atoms with Crippen molar-refractivity contribution < 1.29 is 0 Å². The largest absolute Gasteiger partial charge is 0.399 e. The first-order chi connectivity index (χ1) is 8.65. The second kappa shape index (κ2) is 5.74. The van der Waals surface area contributed by atoms with Crippen molar-refractivity contribution in [3.63, 3.8) is 0 Å². The third kappa shape index (κ3) is 3.37. The van der Waals surface area contributed by atoms with Crippen molar-refractivity contribution in [3.05, 3.63) is 52.7 Å². The molecule has 0 atom stereocenters. The van der Waals surface area contributed by atoms with Gasteiger partial charge in [0.05, 0.1) is 0 Å². The fourth-order valence-corrected chi connectivity index (χ4v) is 2.04. The Kier molecular flexibility index (Phi) is 4.05. The second-order valence-electron chi connectivity index (χ2n) is 4.21. The molecule has 0 amide bonds. The zero-order chi connectivity index (χ0) is 13.0. The number of hydrogen-bond donors (Lipinski definition) is 2. The molecule has 0 radical (unpaired) electrons. The first kappa shape index (κ1) is 12.7. The second-order valence-corrected chi connectivity index (χ2v) is 4.60. The monoisotopic (exact) mass is 261 g/mol. The fourth-order valence-electron chi connectivity index (χ4n) is 1.82. The summed E-state index contributed by atoms with van der Waals surface area (Å²) in [7, 11) is 0. The third-order valence-electron chi connectivity index (χ3n) is 2.78. The van der Waals surface area contributed by atoms with Gasteiger partial charge in [-0.3, -0.25) is 0 Å². The van der Waals surface area contributed by atoms with Gasteiger partial charge in [-0.1, -0.05) is 35.9 Å². The Morgan fingerprint density at radius 2 is 2.06 bits per heavy atom. The molecule has 1 aromatic heterocycles. The summed E-state index contributed by atoms with van der Waals surface area (Å²) in [6, 6.07) is 11.8. The number of rotatable bonds is 4. The van der Waals surface area contributed by atoms with E-state index in [1.807, 2.05) is 6.07 Å². The minimum absolute atomic E-state index is 0.411. The maximum atomic E-state index is 5.84. The van der Waals surface area contributed by atoms with Gasteiger partial charge in [0.2, 0.25) is 0 Å². The van der Waals surface area contributed by atoms with Crippen molar-refractivity contribution in [1.29, 1.82) is 0 Å². The zero-order valence-electron chi connectivity index (χ0n) is 10.3. The van der Waals surface area contributed by atoms with Crippen LogP contribution in [0.15, 0.2) is 36.4 Å². The molecule has 1 heterocycles. The van der Waals surface area contributed by atoms with Crippen molar-refractivity contribution >= 4 is 23.1 Å². The van der Waals surface area contributed by atoms with E-state index in [1.165, 1.54) is 11.1 Å². The summed E-state index contributed by atoms with van der Waals surface area (Å²) in [6.07, 6.45) is 0.945. The molecule has 0 fully saturated rings. The Balaban J connectivity index is 1.94. The van der Waals surface area contributed by atoms with E-state index in [9.17, 15) is 0 Å². The number of anilines is 2. The van der Waals surface area contributed by atoms with Crippen molar-refractivity contribution in [3.8, 4) is 0 Å². The van der Waals surface area contributed by atoms with Crippen LogP contribution < -0.4 is 11.1 Å². The van der Waals surface area contributed by atoms with Crippen molar-refractivity contribution in [2.24, 2.45) is 0 Å². The van der Waals surface area contributed by atoms with Crippen LogP contribution in [0.3, 0.4) is 0 Å². The number of aryl methyl sites for hydroxylation is 1. The fraction of sp³-hybridized carbons (Fsp3) is 0.214. The number of nitrogens with one attached hydrogen (secondary N) is 1. The van der Waals surface area contributed by atoms with Crippen LogP contribution in [0.25, 0.3) is 0 Å². The molecule has 94 valence electrons. The zero-order valence-corrected chi connectivity index (χ0v) is 11.0. The van der Waals surface area contributed by atoms with Crippen molar-refractivity contribution in [2.75, 3.05) is 17.6 Å². The Bertz CT molecular complexity index is 520. The maximum Gasteiger partial charge on any atom is 0.133 e. The SMILES string of the molecule is Cc1ccccc1CCNc1cc(N)cc(Cl)n1. The number of aromatic nitrogens is 1. The summed E-state index contributed by atoms with van der Waals surface area (Å²) in [5.74, 6) is 0.716. The van der Waals surface area contributed by atoms with Gasteiger partial charge in [-0.05, 0) is 30.5 Å². The number of nitrogens with zero attached hydrogens (tertiary/aromatic N) is 1. The van der Waals surface area contributed by atoms with Gasteiger partial charge in [0.15, 0.2) is 0 Å². The first-order valence-corrected chi connectivity index (χ1v) is 6.24. The van der Waals surface area contributed by atoms with Crippen LogP contribution in [-0.4, -0.2) is 11.5 Å². The molecule has 18 heavy (non-hydrogen) atoms. The molecule has 0 saturated heterocycles. The number of nitrogen functional groups attached to an aromatic ring is 1. The van der Waals surface area contributed by atoms with Crippen LogP contribution in [0.1, 0.15) is 11.1 Å². The Labute approximate surface area is 112 Å². The van der Waals surface area contributed by atoms with E-state index < -0.39 is 0 Å². The highest BCUT2D eigenvalue weighted by molar-refractivity contribution is 6.29. The molecule has 0 unspecified atom stereocenters. The molecule has 0 spiro atoms. The third-order valence-corrected chi connectivity index (χ3v) is 2.97. The van der Waals surface area contributed by atoms with E-state index in [1.54, 1.807) is 12.1 Å². The van der Waals surface area contributed by atoms with E-state index in [0.717, 1.165) is 13.0 Å². The number of halogens is 1. The molecule has 0 bridgehead atoms. The normalized spacial score (nSPS) is 10.3. The first-order valence-electron chi connectivity index (χ1n) is 5.86. The van der Waals surface area contributed by atoms with Crippen LogP contribution in [0, 0.1) is 6.92 Å². The van der Waals surface area contributed by atoms with E-state index in [2.05, 4.69) is 35.4 Å². The van der Waals surface area contributed by atoms with Gasteiger partial charge >= 0.3 is 0 Å². The molecule has 0 aliphatic heterocycles. The highest BCUT2D eigenvalue weighted by Gasteiger charge is 2.00. The van der Waals surface area contributed by atoms with Gasteiger partial charge in [0.1, 0.15) is 11.0 Å². The summed E-state index contributed by atoms with van der Waals surface area (Å²) < 4.78 is 0. The standard InChI is InChI=1S/C14H16ClN3/c1-10-4-2-3-5-11(10)6-7-17-14-9-12(16)8-13(15)18-14/h2-5,8-9H,6-7H2,1H3,(H3,16,17,18). The van der Waals surface area contributed by atoms with Gasteiger partial charge in [0, 0.05) is 18.3 Å². The van der Waals surface area contributed by atoms with Gasteiger partial charge in [-0.15, -0.1) is 0 Å². The average molecular weight is 262 g/mol. The summed E-state index contributed by atoms with van der Waals surface area (Å²) >= 11 is 5.84. The van der Waals surface area contributed by atoms with Gasteiger partial charge in [-0.25, -0.2) is 4.98 Å². The molecule has 3 nitrogen and oxygen atoms in total. The molecule has 0 aliphatic carbocycles. The molecule has 0 saturated carbocycles. The van der Waals surface area contributed by atoms with Crippen molar-refractivity contribution in [2.45, 2.75) is 13.3 Å². The smallest absolute Gasteiger partial charge is 0.133 e. The summed E-state index contributed by atoms with van der Waals surface area (Å²) in [5, 5.41) is 3.64. The van der Waals surface area contributed by atoms with Gasteiger partial charge < -0.3 is 11.1 Å². The van der Waals surface area contributed by atoms with Gasteiger partial charge in [-0.2, -0.15) is 0 Å². The van der Waals surface area contributed by atoms with Crippen LogP contribution >= 0.6 is 11.6 Å². The molecule has 4 heteroatoms. The van der Waals surface area contributed by atoms with Crippen molar-refractivity contribution in [1.82, 2.24) is 4.98 Å². The molecular weight excluding hydrogens is 246 g/mol. The average Bonchev–Trinajstić information content (AvgIpc) is 2.30. The van der Waals surface area contributed by atoms with Crippen LogP contribution in [-0.2, 0) is 6.42 Å². The molecule has 3 N–H and O–H groups in total. The summed E-state index contributed by atoms with van der Waals surface area (Å²) in [4.78, 5) is 4.16. The number of pyridine rings is 1. The van der Waals surface area contributed by atoms with E-state index in [-0.39, 0.29) is 0 Å². The minimum Gasteiger partial charge on any atom is -0.399 e.